The molecule has 1 atom stereocenters. The minimum Gasteiger partial charge on any atom is -0.352 e. The molecule has 2 aromatic rings. The number of hydrogen-bond donors (Lipinski definition) is 1. The van der Waals surface area contributed by atoms with Crippen molar-refractivity contribution in [1.29, 1.82) is 0 Å². The normalized spacial score (nSPS) is 15.1. The second kappa shape index (κ2) is 9.63. The highest BCUT2D eigenvalue weighted by atomic mass is 19.1. The van der Waals surface area contributed by atoms with Crippen LogP contribution in [0.2, 0.25) is 0 Å². The van der Waals surface area contributed by atoms with Gasteiger partial charge < -0.3 is 10.2 Å². The van der Waals surface area contributed by atoms with Crippen LogP contribution in [0.5, 0.6) is 0 Å². The summed E-state index contributed by atoms with van der Waals surface area (Å²) in [4.78, 5) is 27.2. The number of nitrogens with zero attached hydrogens (tertiary/aromatic N) is 1. The fourth-order valence-corrected chi connectivity index (χ4v) is 3.66. The number of nitrogens with one attached hydrogen (secondary N) is 1. The number of halogens is 2. The molecule has 1 aliphatic rings. The molecule has 1 N–H and O–H groups in total. The van der Waals surface area contributed by atoms with Crippen LogP contribution in [0.15, 0.2) is 48.5 Å². The molecule has 3 rings (SSSR count). The van der Waals surface area contributed by atoms with E-state index >= 15 is 0 Å². The van der Waals surface area contributed by atoms with Crippen molar-refractivity contribution in [2.24, 2.45) is 0 Å². The molecule has 2 aromatic carbocycles. The Balaban J connectivity index is 1.77. The standard InChI is InChI=1S/C23H26F2N2O2/c1-16(23(29)26-20-7-3-4-8-20)27(15-18-6-2-5-9-21(18)25)22(28)14-17-10-12-19(24)13-11-17/h2,5-6,9-13,16,20H,3-4,7-8,14-15H2,1H3,(H,26,29)/t16-/m0/s1. The van der Waals surface area contributed by atoms with E-state index in [2.05, 4.69) is 5.32 Å². The molecule has 1 aliphatic carbocycles. The third-order valence-electron chi connectivity index (χ3n) is 5.44. The number of amides is 2. The van der Waals surface area contributed by atoms with Gasteiger partial charge >= 0.3 is 0 Å². The van der Waals surface area contributed by atoms with Gasteiger partial charge in [0.1, 0.15) is 17.7 Å². The molecule has 2 amide bonds. The predicted molar refractivity (Wildman–Crippen MR) is 107 cm³/mol. The molecule has 0 saturated heterocycles. The molecule has 0 unspecified atom stereocenters. The topological polar surface area (TPSA) is 49.4 Å². The average molecular weight is 400 g/mol. The van der Waals surface area contributed by atoms with Gasteiger partial charge in [-0.15, -0.1) is 0 Å². The average Bonchev–Trinajstić information content (AvgIpc) is 3.21. The molecule has 0 spiro atoms. The summed E-state index contributed by atoms with van der Waals surface area (Å²) < 4.78 is 27.3. The van der Waals surface area contributed by atoms with Gasteiger partial charge in [-0.2, -0.15) is 0 Å². The van der Waals surface area contributed by atoms with E-state index in [-0.39, 0.29) is 36.6 Å². The first kappa shape index (κ1) is 21.0. The number of hydrogen-bond acceptors (Lipinski definition) is 2. The smallest absolute Gasteiger partial charge is 0.242 e. The third kappa shape index (κ3) is 5.62. The Morgan fingerprint density at radius 3 is 2.38 bits per heavy atom. The molecular weight excluding hydrogens is 374 g/mol. The molecule has 6 heteroatoms. The zero-order valence-corrected chi connectivity index (χ0v) is 16.5. The maximum absolute atomic E-state index is 14.2. The van der Waals surface area contributed by atoms with Crippen molar-refractivity contribution < 1.29 is 18.4 Å². The zero-order chi connectivity index (χ0) is 20.8. The lowest BCUT2D eigenvalue weighted by Crippen LogP contribution is -2.50. The molecule has 1 saturated carbocycles. The Hall–Kier alpha value is -2.76. The van der Waals surface area contributed by atoms with Crippen LogP contribution in [0, 0.1) is 11.6 Å². The molecule has 29 heavy (non-hydrogen) atoms. The molecule has 4 nitrogen and oxygen atoms in total. The van der Waals surface area contributed by atoms with Crippen LogP contribution in [0.1, 0.15) is 43.7 Å². The lowest BCUT2D eigenvalue weighted by Gasteiger charge is -2.30. The highest BCUT2D eigenvalue weighted by molar-refractivity contribution is 5.88. The number of carbonyl (C=O) groups is 2. The molecule has 1 fully saturated rings. The Kier molecular flexibility index (Phi) is 6.96. The van der Waals surface area contributed by atoms with E-state index in [0.29, 0.717) is 11.1 Å². The highest BCUT2D eigenvalue weighted by Gasteiger charge is 2.29. The summed E-state index contributed by atoms with van der Waals surface area (Å²) in [7, 11) is 0. The summed E-state index contributed by atoms with van der Waals surface area (Å²) in [5.41, 5.74) is 0.985. The van der Waals surface area contributed by atoms with E-state index < -0.39 is 11.9 Å². The van der Waals surface area contributed by atoms with Crippen molar-refractivity contribution in [2.75, 3.05) is 0 Å². The highest BCUT2D eigenvalue weighted by Crippen LogP contribution is 2.19. The van der Waals surface area contributed by atoms with Crippen LogP contribution in [-0.4, -0.2) is 28.8 Å². The van der Waals surface area contributed by atoms with Crippen molar-refractivity contribution in [1.82, 2.24) is 10.2 Å². The van der Waals surface area contributed by atoms with E-state index in [1.807, 2.05) is 0 Å². The first-order valence-corrected chi connectivity index (χ1v) is 10.0. The van der Waals surface area contributed by atoms with Crippen LogP contribution in [0.4, 0.5) is 8.78 Å². The van der Waals surface area contributed by atoms with E-state index in [1.165, 1.54) is 35.2 Å². The van der Waals surface area contributed by atoms with Gasteiger partial charge in [-0.1, -0.05) is 43.2 Å². The van der Waals surface area contributed by atoms with Crippen LogP contribution in [0.25, 0.3) is 0 Å². The first-order chi connectivity index (χ1) is 13.9. The minimum atomic E-state index is -0.747. The van der Waals surface area contributed by atoms with Crippen molar-refractivity contribution in [3.8, 4) is 0 Å². The summed E-state index contributed by atoms with van der Waals surface area (Å²) in [6, 6.07) is 11.3. The van der Waals surface area contributed by atoms with E-state index in [1.54, 1.807) is 25.1 Å². The summed E-state index contributed by atoms with van der Waals surface area (Å²) in [5.74, 6) is -1.35. The van der Waals surface area contributed by atoms with Gasteiger partial charge in [0.25, 0.3) is 0 Å². The molecule has 0 bridgehead atoms. The van der Waals surface area contributed by atoms with Crippen molar-refractivity contribution in [3.05, 3.63) is 71.3 Å². The number of rotatable bonds is 7. The van der Waals surface area contributed by atoms with E-state index in [4.69, 9.17) is 0 Å². The summed E-state index contributed by atoms with van der Waals surface area (Å²) in [6.07, 6.45) is 4.06. The lowest BCUT2D eigenvalue weighted by molar-refractivity contribution is -0.140. The quantitative estimate of drug-likeness (QED) is 0.764. The molecule has 0 aliphatic heterocycles. The molecule has 0 aromatic heterocycles. The summed E-state index contributed by atoms with van der Waals surface area (Å²) in [6.45, 7) is 1.65. The fourth-order valence-electron chi connectivity index (χ4n) is 3.66. The molecule has 0 heterocycles. The van der Waals surface area contributed by atoms with Gasteiger partial charge in [-0.3, -0.25) is 9.59 Å². The van der Waals surface area contributed by atoms with Crippen molar-refractivity contribution in [2.45, 2.75) is 57.7 Å². The van der Waals surface area contributed by atoms with Crippen LogP contribution < -0.4 is 5.32 Å². The predicted octanol–water partition coefficient (Wildman–Crippen LogP) is 3.98. The van der Waals surface area contributed by atoms with Crippen LogP contribution in [-0.2, 0) is 22.6 Å². The fraction of sp³-hybridized carbons (Fsp3) is 0.391. The van der Waals surface area contributed by atoms with Gasteiger partial charge in [0.15, 0.2) is 0 Å². The van der Waals surface area contributed by atoms with Crippen LogP contribution >= 0.6 is 0 Å². The second-order valence-corrected chi connectivity index (χ2v) is 7.58. The SMILES string of the molecule is C[C@@H](C(=O)NC1CCCC1)N(Cc1ccccc1F)C(=O)Cc1ccc(F)cc1. The maximum Gasteiger partial charge on any atom is 0.242 e. The summed E-state index contributed by atoms with van der Waals surface area (Å²) in [5, 5.41) is 3.01. The summed E-state index contributed by atoms with van der Waals surface area (Å²) >= 11 is 0. The minimum absolute atomic E-state index is 0.00798. The number of carbonyl (C=O) groups excluding carboxylic acids is 2. The lowest BCUT2D eigenvalue weighted by atomic mass is 10.1. The largest absolute Gasteiger partial charge is 0.352 e. The zero-order valence-electron chi connectivity index (χ0n) is 16.5. The Bertz CT molecular complexity index is 848. The maximum atomic E-state index is 14.2. The monoisotopic (exact) mass is 400 g/mol. The van der Waals surface area contributed by atoms with Gasteiger partial charge in [0, 0.05) is 18.2 Å². The van der Waals surface area contributed by atoms with Gasteiger partial charge in [-0.05, 0) is 43.5 Å². The van der Waals surface area contributed by atoms with Crippen molar-refractivity contribution >= 4 is 11.8 Å². The first-order valence-electron chi connectivity index (χ1n) is 10.0. The van der Waals surface area contributed by atoms with Gasteiger partial charge in [0.05, 0.1) is 6.42 Å². The molecule has 154 valence electrons. The Labute approximate surface area is 169 Å². The molecular formula is C23H26F2N2O2. The second-order valence-electron chi connectivity index (χ2n) is 7.58. The Morgan fingerprint density at radius 2 is 1.72 bits per heavy atom. The van der Waals surface area contributed by atoms with Crippen molar-refractivity contribution in [3.63, 3.8) is 0 Å². The third-order valence-corrected chi connectivity index (χ3v) is 5.44. The Morgan fingerprint density at radius 1 is 1.07 bits per heavy atom. The number of benzene rings is 2. The van der Waals surface area contributed by atoms with E-state index in [9.17, 15) is 18.4 Å². The molecule has 0 radical (unpaired) electrons. The van der Waals surface area contributed by atoms with Gasteiger partial charge in [-0.25, -0.2) is 8.78 Å². The van der Waals surface area contributed by atoms with Crippen LogP contribution in [0.3, 0.4) is 0 Å². The van der Waals surface area contributed by atoms with Gasteiger partial charge in [0.2, 0.25) is 11.8 Å². The van der Waals surface area contributed by atoms with E-state index in [0.717, 1.165) is 25.7 Å².